The second-order valence-corrected chi connectivity index (χ2v) is 4.06. The third kappa shape index (κ3) is 4.01. The van der Waals surface area contributed by atoms with Gasteiger partial charge in [-0.25, -0.2) is 4.98 Å². The van der Waals surface area contributed by atoms with E-state index in [1.165, 1.54) is 12.5 Å². The standard InChI is InChI=1S/C11H17N5O2/c17-11(10-8-12-9-14-15-10)13-2-1-3-16-4-6-18-7-5-16/h8-9H,1-7H2,(H,13,17). The molecule has 2 heterocycles. The summed E-state index contributed by atoms with van der Waals surface area (Å²) in [4.78, 5) is 17.7. The maximum absolute atomic E-state index is 11.6. The molecule has 98 valence electrons. The zero-order valence-electron chi connectivity index (χ0n) is 10.2. The van der Waals surface area contributed by atoms with Crippen LogP contribution in [0.25, 0.3) is 0 Å². The monoisotopic (exact) mass is 251 g/mol. The SMILES string of the molecule is O=C(NCCCN1CCOCC1)c1cncnn1. The van der Waals surface area contributed by atoms with Crippen LogP contribution in [-0.2, 0) is 4.74 Å². The minimum absolute atomic E-state index is 0.224. The van der Waals surface area contributed by atoms with Crippen LogP contribution in [0.1, 0.15) is 16.9 Å². The molecule has 1 aliphatic rings. The largest absolute Gasteiger partial charge is 0.379 e. The molecule has 1 aromatic rings. The van der Waals surface area contributed by atoms with Gasteiger partial charge in [0, 0.05) is 19.6 Å². The fraction of sp³-hybridized carbons (Fsp3) is 0.636. The smallest absolute Gasteiger partial charge is 0.273 e. The van der Waals surface area contributed by atoms with E-state index >= 15 is 0 Å². The maximum Gasteiger partial charge on any atom is 0.273 e. The van der Waals surface area contributed by atoms with Crippen LogP contribution in [0, 0.1) is 0 Å². The van der Waals surface area contributed by atoms with E-state index in [9.17, 15) is 4.79 Å². The number of hydrogen-bond acceptors (Lipinski definition) is 6. The predicted octanol–water partition coefficient (Wildman–Crippen LogP) is -0.676. The van der Waals surface area contributed by atoms with Crippen molar-refractivity contribution in [3.63, 3.8) is 0 Å². The molecule has 0 aromatic carbocycles. The summed E-state index contributed by atoms with van der Waals surface area (Å²) in [6.45, 7) is 5.16. The molecule has 1 fully saturated rings. The Kier molecular flexibility index (Phi) is 4.98. The first-order chi connectivity index (χ1) is 8.86. The van der Waals surface area contributed by atoms with Crippen molar-refractivity contribution < 1.29 is 9.53 Å². The lowest BCUT2D eigenvalue weighted by Crippen LogP contribution is -2.38. The molecule has 1 aromatic heterocycles. The van der Waals surface area contributed by atoms with Crippen molar-refractivity contribution in [1.29, 1.82) is 0 Å². The fourth-order valence-corrected chi connectivity index (χ4v) is 1.77. The molecule has 2 rings (SSSR count). The van der Waals surface area contributed by atoms with Gasteiger partial charge in [-0.3, -0.25) is 9.69 Å². The summed E-state index contributed by atoms with van der Waals surface area (Å²) in [5, 5.41) is 10.1. The van der Waals surface area contributed by atoms with Crippen LogP contribution in [-0.4, -0.2) is 65.4 Å². The molecule has 1 saturated heterocycles. The van der Waals surface area contributed by atoms with Crippen molar-refractivity contribution in [2.45, 2.75) is 6.42 Å². The van der Waals surface area contributed by atoms with Gasteiger partial charge in [-0.05, 0) is 13.0 Å². The molecule has 0 atom stereocenters. The summed E-state index contributed by atoms with van der Waals surface area (Å²) in [6.07, 6.45) is 3.62. The fourth-order valence-electron chi connectivity index (χ4n) is 1.77. The van der Waals surface area contributed by atoms with Gasteiger partial charge in [0.2, 0.25) is 0 Å². The first-order valence-electron chi connectivity index (χ1n) is 6.07. The summed E-state index contributed by atoms with van der Waals surface area (Å²) in [6, 6.07) is 0. The van der Waals surface area contributed by atoms with Crippen molar-refractivity contribution >= 4 is 5.91 Å². The van der Waals surface area contributed by atoms with Crippen molar-refractivity contribution in [2.75, 3.05) is 39.4 Å². The maximum atomic E-state index is 11.6. The Labute approximate surface area is 106 Å². The normalized spacial score (nSPS) is 16.4. The van der Waals surface area contributed by atoms with Gasteiger partial charge in [0.15, 0.2) is 5.69 Å². The van der Waals surface area contributed by atoms with Crippen molar-refractivity contribution in [1.82, 2.24) is 25.4 Å². The van der Waals surface area contributed by atoms with E-state index in [0.717, 1.165) is 39.3 Å². The van der Waals surface area contributed by atoms with Gasteiger partial charge in [0.1, 0.15) is 6.33 Å². The van der Waals surface area contributed by atoms with Crippen molar-refractivity contribution in [3.05, 3.63) is 18.2 Å². The van der Waals surface area contributed by atoms with Crippen molar-refractivity contribution in [2.24, 2.45) is 0 Å². The summed E-state index contributed by atoms with van der Waals surface area (Å²) < 4.78 is 5.27. The van der Waals surface area contributed by atoms with E-state index in [0.29, 0.717) is 6.54 Å². The Morgan fingerprint density at radius 2 is 2.28 bits per heavy atom. The number of carbonyl (C=O) groups excluding carboxylic acids is 1. The van der Waals surface area contributed by atoms with E-state index in [1.807, 2.05) is 0 Å². The summed E-state index contributed by atoms with van der Waals surface area (Å²) >= 11 is 0. The predicted molar refractivity (Wildman–Crippen MR) is 64.0 cm³/mol. The van der Waals surface area contributed by atoms with Crippen LogP contribution in [0.4, 0.5) is 0 Å². The third-order valence-corrected chi connectivity index (χ3v) is 2.75. The summed E-state index contributed by atoms with van der Waals surface area (Å²) in [5.41, 5.74) is 0.254. The van der Waals surface area contributed by atoms with E-state index in [-0.39, 0.29) is 11.6 Å². The van der Waals surface area contributed by atoms with E-state index < -0.39 is 0 Å². The average molecular weight is 251 g/mol. The number of aromatic nitrogens is 3. The molecule has 1 N–H and O–H groups in total. The Bertz CT molecular complexity index is 367. The zero-order valence-corrected chi connectivity index (χ0v) is 10.2. The quantitative estimate of drug-likeness (QED) is 0.699. The van der Waals surface area contributed by atoms with E-state index in [1.54, 1.807) is 0 Å². The highest BCUT2D eigenvalue weighted by Crippen LogP contribution is 1.97. The van der Waals surface area contributed by atoms with E-state index in [2.05, 4.69) is 25.4 Å². The molecular weight excluding hydrogens is 234 g/mol. The molecule has 0 saturated carbocycles. The first kappa shape index (κ1) is 12.8. The number of morpholine rings is 1. The Balaban J connectivity index is 1.62. The van der Waals surface area contributed by atoms with Crippen LogP contribution in [0.3, 0.4) is 0 Å². The summed E-state index contributed by atoms with van der Waals surface area (Å²) in [5.74, 6) is -0.224. The highest BCUT2D eigenvalue weighted by atomic mass is 16.5. The van der Waals surface area contributed by atoms with Gasteiger partial charge in [0.25, 0.3) is 5.91 Å². The lowest BCUT2D eigenvalue weighted by molar-refractivity contribution is 0.0374. The van der Waals surface area contributed by atoms with Gasteiger partial charge in [-0.2, -0.15) is 0 Å². The van der Waals surface area contributed by atoms with Crippen LogP contribution in [0.15, 0.2) is 12.5 Å². The summed E-state index contributed by atoms with van der Waals surface area (Å²) in [7, 11) is 0. The average Bonchev–Trinajstić information content (AvgIpc) is 2.45. The van der Waals surface area contributed by atoms with Crippen LogP contribution in [0.2, 0.25) is 0 Å². The molecule has 18 heavy (non-hydrogen) atoms. The van der Waals surface area contributed by atoms with Crippen LogP contribution >= 0.6 is 0 Å². The lowest BCUT2D eigenvalue weighted by atomic mass is 10.3. The van der Waals surface area contributed by atoms with Gasteiger partial charge in [-0.1, -0.05) is 0 Å². The van der Waals surface area contributed by atoms with Gasteiger partial charge in [0.05, 0.1) is 19.4 Å². The first-order valence-corrected chi connectivity index (χ1v) is 6.07. The number of ether oxygens (including phenoxy) is 1. The van der Waals surface area contributed by atoms with Crippen molar-refractivity contribution in [3.8, 4) is 0 Å². The van der Waals surface area contributed by atoms with Gasteiger partial charge < -0.3 is 10.1 Å². The molecule has 1 aliphatic heterocycles. The van der Waals surface area contributed by atoms with Gasteiger partial charge in [-0.15, -0.1) is 10.2 Å². The third-order valence-electron chi connectivity index (χ3n) is 2.75. The minimum Gasteiger partial charge on any atom is -0.379 e. The number of nitrogens with one attached hydrogen (secondary N) is 1. The van der Waals surface area contributed by atoms with E-state index in [4.69, 9.17) is 4.74 Å². The topological polar surface area (TPSA) is 80.2 Å². The second kappa shape index (κ2) is 6.97. The molecule has 0 spiro atoms. The molecule has 7 nitrogen and oxygen atoms in total. The molecule has 0 unspecified atom stereocenters. The van der Waals surface area contributed by atoms with Crippen LogP contribution < -0.4 is 5.32 Å². The number of nitrogens with zero attached hydrogens (tertiary/aromatic N) is 4. The Morgan fingerprint density at radius 1 is 1.44 bits per heavy atom. The molecule has 1 amide bonds. The molecule has 7 heteroatoms. The number of amides is 1. The second-order valence-electron chi connectivity index (χ2n) is 4.06. The Morgan fingerprint density at radius 3 is 3.00 bits per heavy atom. The minimum atomic E-state index is -0.224. The number of carbonyl (C=O) groups is 1. The highest BCUT2D eigenvalue weighted by Gasteiger charge is 2.10. The van der Waals surface area contributed by atoms with Gasteiger partial charge >= 0.3 is 0 Å². The number of rotatable bonds is 5. The highest BCUT2D eigenvalue weighted by molar-refractivity contribution is 5.91. The Hall–Kier alpha value is -1.60. The molecule has 0 radical (unpaired) electrons. The number of hydrogen-bond donors (Lipinski definition) is 1. The zero-order chi connectivity index (χ0) is 12.6. The lowest BCUT2D eigenvalue weighted by Gasteiger charge is -2.26. The molecule has 0 aliphatic carbocycles. The van der Waals surface area contributed by atoms with Crippen LogP contribution in [0.5, 0.6) is 0 Å². The molecular formula is C11H17N5O2. The molecule has 0 bridgehead atoms.